The van der Waals surface area contributed by atoms with E-state index in [9.17, 15) is 10.1 Å². The van der Waals surface area contributed by atoms with Crippen molar-refractivity contribution in [3.63, 3.8) is 0 Å². The molecule has 0 aromatic carbocycles. The monoisotopic (exact) mass is 274 g/mol. The second-order valence-corrected chi connectivity index (χ2v) is 4.49. The minimum absolute atomic E-state index is 0.110. The fourth-order valence-electron chi connectivity index (χ4n) is 1.74. The Kier molecular flexibility index (Phi) is 3.01. The zero-order valence-corrected chi connectivity index (χ0v) is 9.61. The molecule has 0 aliphatic carbocycles. The second-order valence-electron chi connectivity index (χ2n) is 3.64. The maximum absolute atomic E-state index is 10.6. The highest BCUT2D eigenvalue weighted by Crippen LogP contribution is 2.23. The van der Waals surface area contributed by atoms with Gasteiger partial charge in [0, 0.05) is 0 Å². The van der Waals surface area contributed by atoms with Gasteiger partial charge in [-0.2, -0.15) is 4.68 Å². The molecule has 0 amide bonds. The van der Waals surface area contributed by atoms with Gasteiger partial charge in [0.25, 0.3) is 0 Å². The Hall–Kier alpha value is -0.950. The lowest BCUT2D eigenvalue weighted by Crippen LogP contribution is -2.14. The van der Waals surface area contributed by atoms with Crippen LogP contribution in [0.25, 0.3) is 0 Å². The van der Waals surface area contributed by atoms with Crippen LogP contribution in [-0.4, -0.2) is 27.8 Å². The van der Waals surface area contributed by atoms with Crippen molar-refractivity contribution in [2.24, 2.45) is 5.92 Å². The Bertz CT molecular complexity index is 373. The molecule has 0 radical (unpaired) electrons. The maximum Gasteiger partial charge on any atom is 0.404 e. The molecule has 1 aromatic heterocycles. The quantitative estimate of drug-likeness (QED) is 0.663. The van der Waals surface area contributed by atoms with Gasteiger partial charge in [-0.1, -0.05) is 0 Å². The number of halogens is 1. The van der Waals surface area contributed by atoms with Crippen molar-refractivity contribution in [2.75, 3.05) is 13.1 Å². The molecule has 1 aliphatic heterocycles. The lowest BCUT2D eigenvalue weighted by Gasteiger charge is -2.03. The summed E-state index contributed by atoms with van der Waals surface area (Å²) in [5.74, 6) is 0.414. The van der Waals surface area contributed by atoms with Crippen LogP contribution in [0.3, 0.4) is 0 Å². The third-order valence-electron chi connectivity index (χ3n) is 2.48. The average Bonchev–Trinajstić information content (AvgIpc) is 2.75. The van der Waals surface area contributed by atoms with Crippen molar-refractivity contribution in [1.82, 2.24) is 15.1 Å². The van der Waals surface area contributed by atoms with Crippen LogP contribution in [-0.2, 0) is 6.54 Å². The van der Waals surface area contributed by atoms with Crippen molar-refractivity contribution >= 4 is 21.7 Å². The highest BCUT2D eigenvalue weighted by molar-refractivity contribution is 9.10. The van der Waals surface area contributed by atoms with Crippen LogP contribution >= 0.6 is 15.9 Å². The van der Waals surface area contributed by atoms with Gasteiger partial charge in [0.2, 0.25) is 0 Å². The van der Waals surface area contributed by atoms with E-state index in [0.29, 0.717) is 10.4 Å². The first-order valence-electron chi connectivity index (χ1n) is 4.75. The van der Waals surface area contributed by atoms with Crippen molar-refractivity contribution in [1.29, 1.82) is 0 Å². The van der Waals surface area contributed by atoms with Gasteiger partial charge in [-0.15, -0.1) is 0 Å². The summed E-state index contributed by atoms with van der Waals surface area (Å²) < 4.78 is 2.08. The van der Waals surface area contributed by atoms with E-state index in [1.807, 2.05) is 0 Å². The molecule has 0 bridgehead atoms. The molecular formula is C8H11BrN4O2. The first-order chi connectivity index (χ1) is 7.16. The van der Waals surface area contributed by atoms with E-state index in [0.717, 1.165) is 26.1 Å². The van der Waals surface area contributed by atoms with E-state index in [4.69, 9.17) is 0 Å². The summed E-state index contributed by atoms with van der Waals surface area (Å²) in [7, 11) is 0. The average molecular weight is 275 g/mol. The molecule has 1 aliphatic rings. The Balaban J connectivity index is 2.08. The Morgan fingerprint density at radius 3 is 3.13 bits per heavy atom. The molecule has 1 fully saturated rings. The Labute approximate surface area is 94.9 Å². The van der Waals surface area contributed by atoms with E-state index in [1.54, 1.807) is 10.9 Å². The molecule has 0 spiro atoms. The maximum atomic E-state index is 10.6. The molecular weight excluding hydrogens is 264 g/mol. The van der Waals surface area contributed by atoms with E-state index in [2.05, 4.69) is 26.3 Å². The van der Waals surface area contributed by atoms with Crippen molar-refractivity contribution in [3.8, 4) is 0 Å². The zero-order valence-electron chi connectivity index (χ0n) is 8.02. The minimum Gasteiger partial charge on any atom is -0.358 e. The van der Waals surface area contributed by atoms with E-state index in [-0.39, 0.29) is 5.82 Å². The summed E-state index contributed by atoms with van der Waals surface area (Å²) in [5.41, 5.74) is 0. The molecule has 0 saturated carbocycles. The number of rotatable bonds is 3. The first kappa shape index (κ1) is 10.6. The molecule has 1 N–H and O–H groups in total. The Morgan fingerprint density at radius 1 is 1.80 bits per heavy atom. The molecule has 1 atom stereocenters. The van der Waals surface area contributed by atoms with E-state index < -0.39 is 4.92 Å². The smallest absolute Gasteiger partial charge is 0.358 e. The van der Waals surface area contributed by atoms with Gasteiger partial charge in [-0.25, -0.2) is 0 Å². The number of aromatic nitrogens is 2. The first-order valence-corrected chi connectivity index (χ1v) is 5.54. The van der Waals surface area contributed by atoms with Crippen molar-refractivity contribution in [3.05, 3.63) is 20.8 Å². The lowest BCUT2D eigenvalue weighted by atomic mass is 10.1. The molecule has 6 nitrogen and oxygen atoms in total. The predicted molar refractivity (Wildman–Crippen MR) is 57.6 cm³/mol. The number of hydrogen-bond acceptors (Lipinski definition) is 4. The summed E-state index contributed by atoms with van der Waals surface area (Å²) >= 11 is 3.13. The molecule has 1 unspecified atom stereocenters. The fourth-order valence-corrected chi connectivity index (χ4v) is 2.20. The molecule has 1 aromatic rings. The third-order valence-corrected chi connectivity index (χ3v) is 3.04. The molecule has 1 saturated heterocycles. The van der Waals surface area contributed by atoms with Crippen LogP contribution in [0.2, 0.25) is 0 Å². The summed E-state index contributed by atoms with van der Waals surface area (Å²) in [6.07, 6.45) is 2.77. The SMILES string of the molecule is O=[N+]([O-])c1nn(CC2CCNC2)cc1Br. The van der Waals surface area contributed by atoms with Gasteiger partial charge in [0.1, 0.15) is 4.47 Å². The lowest BCUT2D eigenvalue weighted by molar-refractivity contribution is -0.390. The van der Waals surface area contributed by atoms with Gasteiger partial charge in [0.15, 0.2) is 0 Å². The van der Waals surface area contributed by atoms with E-state index in [1.165, 1.54) is 0 Å². The fraction of sp³-hybridized carbons (Fsp3) is 0.625. The van der Waals surface area contributed by atoms with Crippen LogP contribution in [0.15, 0.2) is 10.7 Å². The molecule has 82 valence electrons. The molecule has 7 heteroatoms. The number of nitro groups is 1. The number of nitrogens with one attached hydrogen (secondary N) is 1. The van der Waals surface area contributed by atoms with Gasteiger partial charge in [0.05, 0.1) is 17.8 Å². The van der Waals surface area contributed by atoms with Gasteiger partial charge in [-0.05, 0) is 46.3 Å². The summed E-state index contributed by atoms with van der Waals surface area (Å²) in [4.78, 5) is 10.1. The zero-order chi connectivity index (χ0) is 10.8. The predicted octanol–water partition coefficient (Wildman–Crippen LogP) is 1.16. The summed E-state index contributed by atoms with van der Waals surface area (Å²) in [5, 5.41) is 17.7. The van der Waals surface area contributed by atoms with Gasteiger partial charge >= 0.3 is 5.82 Å². The van der Waals surface area contributed by atoms with Crippen LogP contribution in [0, 0.1) is 16.0 Å². The third kappa shape index (κ3) is 2.35. The standard InChI is InChI=1S/C8H11BrN4O2/c9-7-5-12(11-8(7)13(14)15)4-6-1-2-10-3-6/h5-6,10H,1-4H2. The van der Waals surface area contributed by atoms with E-state index >= 15 is 0 Å². The topological polar surface area (TPSA) is 73.0 Å². The highest BCUT2D eigenvalue weighted by Gasteiger charge is 2.22. The molecule has 2 heterocycles. The van der Waals surface area contributed by atoms with Gasteiger partial charge in [-0.3, -0.25) is 0 Å². The largest absolute Gasteiger partial charge is 0.404 e. The highest BCUT2D eigenvalue weighted by atomic mass is 79.9. The van der Waals surface area contributed by atoms with Crippen LogP contribution in [0.1, 0.15) is 6.42 Å². The van der Waals surface area contributed by atoms with Gasteiger partial charge < -0.3 is 15.4 Å². The minimum atomic E-state index is -0.479. The molecule has 2 rings (SSSR count). The summed E-state index contributed by atoms with van der Waals surface area (Å²) in [6.45, 7) is 2.72. The number of nitrogens with zero attached hydrogens (tertiary/aromatic N) is 3. The molecule has 15 heavy (non-hydrogen) atoms. The van der Waals surface area contributed by atoms with Crippen molar-refractivity contribution in [2.45, 2.75) is 13.0 Å². The Morgan fingerprint density at radius 2 is 2.60 bits per heavy atom. The summed E-state index contributed by atoms with van der Waals surface area (Å²) in [6, 6.07) is 0. The van der Waals surface area contributed by atoms with Crippen molar-refractivity contribution < 1.29 is 4.92 Å². The van der Waals surface area contributed by atoms with Crippen LogP contribution < -0.4 is 5.32 Å². The van der Waals surface area contributed by atoms with Crippen LogP contribution in [0.5, 0.6) is 0 Å². The number of hydrogen-bond donors (Lipinski definition) is 1. The van der Waals surface area contributed by atoms with Crippen LogP contribution in [0.4, 0.5) is 5.82 Å². The normalized spacial score (nSPS) is 20.7. The second kappa shape index (κ2) is 4.28.